The van der Waals surface area contributed by atoms with Gasteiger partial charge in [-0.1, -0.05) is 18.7 Å². The molecule has 0 saturated carbocycles. The van der Waals surface area contributed by atoms with E-state index in [-0.39, 0.29) is 0 Å². The van der Waals surface area contributed by atoms with Crippen molar-refractivity contribution in [3.8, 4) is 0 Å². The number of amidine groups is 1. The van der Waals surface area contributed by atoms with Crippen LogP contribution in [0.5, 0.6) is 0 Å². The van der Waals surface area contributed by atoms with Crippen LogP contribution in [0, 0.1) is 0 Å². The Morgan fingerprint density at radius 3 is 3.33 bits per heavy atom. The highest BCUT2D eigenvalue weighted by Gasteiger charge is 2.17. The van der Waals surface area contributed by atoms with Crippen molar-refractivity contribution in [1.82, 2.24) is 15.1 Å². The minimum Gasteiger partial charge on any atom is -0.361 e. The van der Waals surface area contributed by atoms with Crippen molar-refractivity contribution >= 4 is 16.9 Å². The first-order valence-corrected chi connectivity index (χ1v) is 6.28. The summed E-state index contributed by atoms with van der Waals surface area (Å²) >= 11 is 1.82. The third-order valence-corrected chi connectivity index (χ3v) is 3.47. The summed E-state index contributed by atoms with van der Waals surface area (Å²) in [5.74, 6) is 1.15. The number of hydrogen-bond acceptors (Lipinski definition) is 3. The number of nitrogens with one attached hydrogen (secondary N) is 1. The fourth-order valence-electron chi connectivity index (χ4n) is 1.44. The predicted molar refractivity (Wildman–Crippen MR) is 64.2 cm³/mol. The van der Waals surface area contributed by atoms with E-state index < -0.39 is 0 Å². The molecule has 1 atom stereocenters. The molecular formula is C10H16N4S. The SMILES string of the molecule is CCC1CSC(=NCCn2cccn2)N1. The molecule has 1 aromatic rings. The van der Waals surface area contributed by atoms with E-state index in [1.807, 2.05) is 28.7 Å². The van der Waals surface area contributed by atoms with Crippen LogP contribution in [0.1, 0.15) is 13.3 Å². The van der Waals surface area contributed by atoms with Gasteiger partial charge in [-0.05, 0) is 12.5 Å². The Bertz CT molecular complexity index is 320. The van der Waals surface area contributed by atoms with Crippen LogP contribution in [0.3, 0.4) is 0 Å². The van der Waals surface area contributed by atoms with Crippen molar-refractivity contribution < 1.29 is 0 Å². The second-order valence-corrected chi connectivity index (χ2v) is 4.53. The number of hydrogen-bond donors (Lipinski definition) is 1. The van der Waals surface area contributed by atoms with Crippen LogP contribution in [0.4, 0.5) is 0 Å². The minimum absolute atomic E-state index is 0.610. The van der Waals surface area contributed by atoms with Gasteiger partial charge in [-0.3, -0.25) is 9.67 Å². The van der Waals surface area contributed by atoms with Gasteiger partial charge >= 0.3 is 0 Å². The van der Waals surface area contributed by atoms with E-state index in [1.54, 1.807) is 6.20 Å². The van der Waals surface area contributed by atoms with Gasteiger partial charge in [0.2, 0.25) is 0 Å². The number of aromatic nitrogens is 2. The van der Waals surface area contributed by atoms with Gasteiger partial charge in [-0.15, -0.1) is 0 Å². The summed E-state index contributed by atoms with van der Waals surface area (Å²) in [6.45, 7) is 3.86. The molecule has 1 aliphatic rings. The Labute approximate surface area is 94.2 Å². The molecule has 1 N–H and O–H groups in total. The van der Waals surface area contributed by atoms with E-state index in [9.17, 15) is 0 Å². The highest BCUT2D eigenvalue weighted by Crippen LogP contribution is 2.15. The van der Waals surface area contributed by atoms with E-state index in [0.29, 0.717) is 6.04 Å². The second-order valence-electron chi connectivity index (χ2n) is 3.52. The van der Waals surface area contributed by atoms with Crippen LogP contribution in [-0.2, 0) is 6.54 Å². The Kier molecular flexibility index (Phi) is 3.66. The van der Waals surface area contributed by atoms with Crippen LogP contribution < -0.4 is 5.32 Å². The van der Waals surface area contributed by atoms with Crippen LogP contribution in [0.15, 0.2) is 23.5 Å². The molecule has 1 saturated heterocycles. The number of thioether (sulfide) groups is 1. The molecule has 0 radical (unpaired) electrons. The molecule has 1 unspecified atom stereocenters. The van der Waals surface area contributed by atoms with Gasteiger partial charge in [-0.2, -0.15) is 5.10 Å². The number of aliphatic imine (C=N–C) groups is 1. The lowest BCUT2D eigenvalue weighted by molar-refractivity contribution is 0.622. The lowest BCUT2D eigenvalue weighted by atomic mass is 10.3. The van der Waals surface area contributed by atoms with E-state index in [1.165, 1.54) is 6.42 Å². The maximum absolute atomic E-state index is 4.50. The van der Waals surface area contributed by atoms with Gasteiger partial charge in [0.25, 0.3) is 0 Å². The lowest BCUT2D eigenvalue weighted by Gasteiger charge is -2.04. The van der Waals surface area contributed by atoms with E-state index in [0.717, 1.165) is 24.0 Å². The molecule has 1 aliphatic heterocycles. The third kappa shape index (κ3) is 2.99. The monoisotopic (exact) mass is 224 g/mol. The van der Waals surface area contributed by atoms with E-state index in [2.05, 4.69) is 22.3 Å². The van der Waals surface area contributed by atoms with Crippen LogP contribution in [0.2, 0.25) is 0 Å². The van der Waals surface area contributed by atoms with Crippen molar-refractivity contribution in [2.45, 2.75) is 25.9 Å². The smallest absolute Gasteiger partial charge is 0.156 e. The first-order chi connectivity index (χ1) is 7.38. The molecule has 4 nitrogen and oxygen atoms in total. The summed E-state index contributed by atoms with van der Waals surface area (Å²) in [4.78, 5) is 4.50. The fraction of sp³-hybridized carbons (Fsp3) is 0.600. The highest BCUT2D eigenvalue weighted by atomic mass is 32.2. The molecule has 0 amide bonds. The summed E-state index contributed by atoms with van der Waals surface area (Å²) in [6, 6.07) is 2.54. The maximum atomic E-state index is 4.50. The molecule has 0 aliphatic carbocycles. The second kappa shape index (κ2) is 5.21. The number of rotatable bonds is 4. The van der Waals surface area contributed by atoms with Crippen LogP contribution in [0.25, 0.3) is 0 Å². The molecule has 1 aromatic heterocycles. The Morgan fingerprint density at radius 1 is 1.73 bits per heavy atom. The fourth-order valence-corrected chi connectivity index (χ4v) is 2.55. The van der Waals surface area contributed by atoms with Crippen molar-refractivity contribution in [2.24, 2.45) is 4.99 Å². The minimum atomic E-state index is 0.610. The molecule has 15 heavy (non-hydrogen) atoms. The summed E-state index contributed by atoms with van der Waals surface area (Å²) < 4.78 is 1.90. The quantitative estimate of drug-likeness (QED) is 0.839. The van der Waals surface area contributed by atoms with Crippen molar-refractivity contribution in [1.29, 1.82) is 0 Å². The summed E-state index contributed by atoms with van der Waals surface area (Å²) in [5.41, 5.74) is 0. The normalized spacial score (nSPS) is 23.3. The third-order valence-electron chi connectivity index (χ3n) is 2.39. The molecule has 0 aromatic carbocycles. The van der Waals surface area contributed by atoms with Gasteiger partial charge in [0.1, 0.15) is 0 Å². The lowest BCUT2D eigenvalue weighted by Crippen LogP contribution is -2.26. The molecule has 2 heterocycles. The van der Waals surface area contributed by atoms with Crippen molar-refractivity contribution in [3.05, 3.63) is 18.5 Å². The Balaban J connectivity index is 1.75. The topological polar surface area (TPSA) is 42.2 Å². The molecule has 0 spiro atoms. The maximum Gasteiger partial charge on any atom is 0.156 e. The van der Waals surface area contributed by atoms with Gasteiger partial charge in [0.15, 0.2) is 5.17 Å². The summed E-state index contributed by atoms with van der Waals surface area (Å²) in [5, 5.41) is 8.63. The zero-order chi connectivity index (χ0) is 10.5. The van der Waals surface area contributed by atoms with Gasteiger partial charge in [0.05, 0.1) is 13.1 Å². The van der Waals surface area contributed by atoms with Crippen LogP contribution >= 0.6 is 11.8 Å². The van der Waals surface area contributed by atoms with Crippen molar-refractivity contribution in [2.75, 3.05) is 12.3 Å². The average molecular weight is 224 g/mol. The number of nitrogens with zero attached hydrogens (tertiary/aromatic N) is 3. The Hall–Kier alpha value is -0.970. The molecule has 1 fully saturated rings. The molecule has 0 bridgehead atoms. The van der Waals surface area contributed by atoms with Crippen LogP contribution in [-0.4, -0.2) is 33.3 Å². The largest absolute Gasteiger partial charge is 0.361 e. The Morgan fingerprint density at radius 2 is 2.67 bits per heavy atom. The summed E-state index contributed by atoms with van der Waals surface area (Å²) in [6.07, 6.45) is 4.93. The first kappa shape index (κ1) is 10.5. The summed E-state index contributed by atoms with van der Waals surface area (Å²) in [7, 11) is 0. The van der Waals surface area contributed by atoms with E-state index >= 15 is 0 Å². The van der Waals surface area contributed by atoms with Gasteiger partial charge in [0, 0.05) is 24.2 Å². The van der Waals surface area contributed by atoms with Gasteiger partial charge < -0.3 is 5.32 Å². The molecule has 82 valence electrons. The molecule has 5 heteroatoms. The molecule has 2 rings (SSSR count). The molecular weight excluding hydrogens is 208 g/mol. The average Bonchev–Trinajstić information content (AvgIpc) is 2.88. The zero-order valence-corrected chi connectivity index (χ0v) is 9.70. The first-order valence-electron chi connectivity index (χ1n) is 5.29. The van der Waals surface area contributed by atoms with E-state index in [4.69, 9.17) is 0 Å². The zero-order valence-electron chi connectivity index (χ0n) is 8.89. The highest BCUT2D eigenvalue weighted by molar-refractivity contribution is 8.14. The predicted octanol–water partition coefficient (Wildman–Crippen LogP) is 1.35. The van der Waals surface area contributed by atoms with Crippen molar-refractivity contribution in [3.63, 3.8) is 0 Å². The van der Waals surface area contributed by atoms with Gasteiger partial charge in [-0.25, -0.2) is 0 Å². The standard InChI is InChI=1S/C10H16N4S/c1-2-9-8-15-10(13-9)11-5-7-14-6-3-4-12-14/h3-4,6,9H,2,5,7-8H2,1H3,(H,11,13).